The van der Waals surface area contributed by atoms with E-state index in [0.29, 0.717) is 35.5 Å². The van der Waals surface area contributed by atoms with Gasteiger partial charge in [-0.3, -0.25) is 9.48 Å². The van der Waals surface area contributed by atoms with Crippen LogP contribution in [0.2, 0.25) is 5.02 Å². The zero-order valence-corrected chi connectivity index (χ0v) is 20.2. The van der Waals surface area contributed by atoms with Crippen molar-refractivity contribution in [2.75, 3.05) is 13.2 Å². The van der Waals surface area contributed by atoms with Gasteiger partial charge in [-0.15, -0.1) is 0 Å². The molecule has 1 amide bonds. The van der Waals surface area contributed by atoms with Gasteiger partial charge in [0.1, 0.15) is 5.65 Å². The smallest absolute Gasteiger partial charge is 0.254 e. The van der Waals surface area contributed by atoms with Crippen LogP contribution in [-0.2, 0) is 17.8 Å². The van der Waals surface area contributed by atoms with Gasteiger partial charge in [0.25, 0.3) is 5.91 Å². The Hall–Kier alpha value is -3.69. The van der Waals surface area contributed by atoms with E-state index in [1.807, 2.05) is 16.7 Å². The fraction of sp³-hybridized carbons (Fsp3) is 0.308. The topological polar surface area (TPSA) is 90.8 Å². The molecule has 0 atom stereocenters. The minimum atomic E-state index is -0.208. The van der Waals surface area contributed by atoms with Gasteiger partial charge in [0.05, 0.1) is 61.3 Å². The van der Waals surface area contributed by atoms with Gasteiger partial charge in [0, 0.05) is 41.3 Å². The summed E-state index contributed by atoms with van der Waals surface area (Å²) < 4.78 is 11.2. The van der Waals surface area contributed by atoms with Crippen LogP contribution in [0.1, 0.15) is 57.6 Å². The van der Waals surface area contributed by atoms with Crippen molar-refractivity contribution in [2.24, 2.45) is 0 Å². The molecule has 0 bridgehead atoms. The molecular weight excluding hydrogens is 478 g/mol. The molecule has 1 saturated carbocycles. The molecule has 0 unspecified atom stereocenters. The Kier molecular flexibility index (Phi) is 5.07. The maximum Gasteiger partial charge on any atom is 0.254 e. The molecule has 10 heteroatoms. The van der Waals surface area contributed by atoms with E-state index in [9.17, 15) is 4.79 Å². The molecule has 1 aliphatic heterocycles. The van der Waals surface area contributed by atoms with Crippen LogP contribution >= 0.6 is 11.6 Å². The Bertz CT molecular complexity index is 1610. The number of nitrogens with zero attached hydrogens (tertiary/aromatic N) is 6. The van der Waals surface area contributed by atoms with Gasteiger partial charge < -0.3 is 18.9 Å². The molecule has 182 valence electrons. The van der Waals surface area contributed by atoms with Crippen molar-refractivity contribution in [3.63, 3.8) is 0 Å². The molecule has 9 nitrogen and oxygen atoms in total. The highest BCUT2D eigenvalue weighted by Crippen LogP contribution is 2.42. The molecule has 2 aliphatic rings. The van der Waals surface area contributed by atoms with Crippen molar-refractivity contribution in [2.45, 2.75) is 37.8 Å². The van der Waals surface area contributed by atoms with Crippen LogP contribution in [0.15, 0.2) is 55.5 Å². The molecule has 5 aromatic rings. The number of imidazole rings is 2. The predicted molar refractivity (Wildman–Crippen MR) is 133 cm³/mol. The lowest BCUT2D eigenvalue weighted by atomic mass is 9.96. The largest absolute Gasteiger partial charge is 0.380 e. The zero-order chi connectivity index (χ0) is 24.2. The summed E-state index contributed by atoms with van der Waals surface area (Å²) in [6, 6.07) is 5.95. The molecule has 0 radical (unpaired) electrons. The van der Waals surface area contributed by atoms with Crippen molar-refractivity contribution < 1.29 is 9.53 Å². The minimum absolute atomic E-state index is 0.208. The quantitative estimate of drug-likeness (QED) is 0.366. The second-order valence-corrected chi connectivity index (χ2v) is 10.1. The van der Waals surface area contributed by atoms with Crippen LogP contribution in [0.3, 0.4) is 0 Å². The lowest BCUT2D eigenvalue weighted by Crippen LogP contribution is -2.25. The molecular formula is C26H24ClN7O2. The van der Waals surface area contributed by atoms with Crippen LogP contribution in [0.4, 0.5) is 0 Å². The number of rotatable bonds is 7. The first-order chi connectivity index (χ1) is 17.6. The maximum atomic E-state index is 12.8. The standard InChI is InChI=1S/C26H24ClN7O2/c27-20-3-4-32-15-29-23(24(32)6-20)8-28-26(35)18-7-30-34(10-18)12-21-11-33-9-17(16-1-2-16)5-22(25(33)31-21)19-13-36-14-19/h3-7,9-11,15-16,19H,1-2,8,12-14H2,(H,28,35). The highest BCUT2D eigenvalue weighted by atomic mass is 35.5. The number of fused-ring (bicyclic) bond motifs is 2. The first-order valence-electron chi connectivity index (χ1n) is 12.1. The van der Waals surface area contributed by atoms with Gasteiger partial charge in [-0.05, 0) is 42.5 Å². The number of hydrogen-bond acceptors (Lipinski definition) is 5. The van der Waals surface area contributed by atoms with E-state index in [0.717, 1.165) is 35.8 Å². The number of amides is 1. The van der Waals surface area contributed by atoms with E-state index in [1.54, 1.807) is 29.5 Å². The molecule has 0 aromatic carbocycles. The van der Waals surface area contributed by atoms with Crippen LogP contribution < -0.4 is 5.32 Å². The number of hydrogen-bond donors (Lipinski definition) is 1. The van der Waals surface area contributed by atoms with Crippen molar-refractivity contribution in [3.05, 3.63) is 88.6 Å². The van der Waals surface area contributed by atoms with E-state index in [2.05, 4.69) is 38.3 Å². The van der Waals surface area contributed by atoms with Crippen molar-refractivity contribution in [1.82, 2.24) is 33.9 Å². The van der Waals surface area contributed by atoms with E-state index in [4.69, 9.17) is 21.3 Å². The van der Waals surface area contributed by atoms with E-state index >= 15 is 0 Å². The van der Waals surface area contributed by atoms with Gasteiger partial charge in [-0.2, -0.15) is 5.10 Å². The first kappa shape index (κ1) is 21.6. The average Bonchev–Trinajstić information content (AvgIpc) is 3.25. The molecule has 1 N–H and O–H groups in total. The minimum Gasteiger partial charge on any atom is -0.380 e. The maximum absolute atomic E-state index is 12.8. The normalized spacial score (nSPS) is 16.0. The summed E-state index contributed by atoms with van der Waals surface area (Å²) in [5.74, 6) is 0.870. The molecule has 5 aromatic heterocycles. The van der Waals surface area contributed by atoms with Gasteiger partial charge in [0.2, 0.25) is 0 Å². The van der Waals surface area contributed by atoms with Gasteiger partial charge >= 0.3 is 0 Å². The second-order valence-electron chi connectivity index (χ2n) is 9.64. The fourth-order valence-electron chi connectivity index (χ4n) is 4.78. The number of pyridine rings is 2. The summed E-state index contributed by atoms with van der Waals surface area (Å²) >= 11 is 6.11. The highest BCUT2D eigenvalue weighted by molar-refractivity contribution is 6.30. The molecule has 6 heterocycles. The third-order valence-electron chi connectivity index (χ3n) is 6.99. The Labute approximate surface area is 211 Å². The molecule has 36 heavy (non-hydrogen) atoms. The zero-order valence-electron chi connectivity index (χ0n) is 19.5. The first-order valence-corrected chi connectivity index (χ1v) is 12.5. The number of nitrogens with one attached hydrogen (secondary N) is 1. The molecule has 1 aliphatic carbocycles. The van der Waals surface area contributed by atoms with Gasteiger partial charge in [0.15, 0.2) is 0 Å². The average molecular weight is 502 g/mol. The Morgan fingerprint density at radius 2 is 2.03 bits per heavy atom. The number of ether oxygens (including phenoxy) is 1. The van der Waals surface area contributed by atoms with E-state index in [1.165, 1.54) is 24.0 Å². The monoisotopic (exact) mass is 501 g/mol. The summed E-state index contributed by atoms with van der Waals surface area (Å²) in [6.07, 6.45) is 13.7. The summed E-state index contributed by atoms with van der Waals surface area (Å²) in [5.41, 5.74) is 6.65. The van der Waals surface area contributed by atoms with Crippen molar-refractivity contribution in [1.29, 1.82) is 0 Å². The summed E-state index contributed by atoms with van der Waals surface area (Å²) in [5, 5.41) is 7.95. The third kappa shape index (κ3) is 3.94. The van der Waals surface area contributed by atoms with Crippen LogP contribution in [0.25, 0.3) is 11.2 Å². The third-order valence-corrected chi connectivity index (χ3v) is 7.23. The summed E-state index contributed by atoms with van der Waals surface area (Å²) in [7, 11) is 0. The van der Waals surface area contributed by atoms with E-state index in [-0.39, 0.29) is 5.91 Å². The second kappa shape index (κ2) is 8.46. The van der Waals surface area contributed by atoms with Gasteiger partial charge in [-0.1, -0.05) is 11.6 Å². The SMILES string of the molecule is O=C(NCc1ncn2ccc(Cl)cc12)c1cnn(Cc2cn3cc(C4CC4)cc(C4COC4)c3n2)c1. The lowest BCUT2D eigenvalue weighted by molar-refractivity contribution is 0.00877. The summed E-state index contributed by atoms with van der Waals surface area (Å²) in [4.78, 5) is 22.1. The molecule has 0 spiro atoms. The highest BCUT2D eigenvalue weighted by Gasteiger charge is 2.29. The molecule has 2 fully saturated rings. The van der Waals surface area contributed by atoms with Crippen LogP contribution in [0, 0.1) is 0 Å². The Balaban J connectivity index is 1.07. The number of halogens is 1. The Morgan fingerprint density at radius 3 is 2.83 bits per heavy atom. The van der Waals surface area contributed by atoms with Crippen molar-refractivity contribution >= 4 is 28.7 Å². The Morgan fingerprint density at radius 1 is 1.14 bits per heavy atom. The fourth-order valence-corrected chi connectivity index (χ4v) is 4.94. The molecule has 1 saturated heterocycles. The van der Waals surface area contributed by atoms with Crippen molar-refractivity contribution in [3.8, 4) is 0 Å². The van der Waals surface area contributed by atoms with Crippen LogP contribution in [0.5, 0.6) is 0 Å². The van der Waals surface area contributed by atoms with E-state index < -0.39 is 0 Å². The van der Waals surface area contributed by atoms with Gasteiger partial charge in [-0.25, -0.2) is 9.97 Å². The summed E-state index contributed by atoms with van der Waals surface area (Å²) in [6.45, 7) is 2.29. The van der Waals surface area contributed by atoms with Crippen LogP contribution in [-0.4, -0.2) is 47.7 Å². The lowest BCUT2D eigenvalue weighted by Gasteiger charge is -2.27. The molecule has 7 rings (SSSR count). The number of aromatic nitrogens is 6. The number of carbonyl (C=O) groups excluding carboxylic acids is 1. The predicted octanol–water partition coefficient (Wildman–Crippen LogP) is 3.80. The number of carbonyl (C=O) groups is 1.